The number of aromatic nitrogens is 4. The number of ether oxygens (including phenoxy) is 1. The zero-order chi connectivity index (χ0) is 23.9. The molecule has 2 aliphatic heterocycles. The fraction of sp³-hybridized carbons (Fsp3) is 0.0357. The normalized spacial score (nSPS) is 12.1. The molecule has 0 saturated carbocycles. The molecule has 2 aliphatic rings. The molecule has 0 fully saturated rings. The van der Waals surface area contributed by atoms with E-state index in [1.54, 1.807) is 12.1 Å². The van der Waals surface area contributed by atoms with E-state index in [1.165, 1.54) is 13.2 Å². The molecule has 0 atom stereocenters. The number of fused-ring (bicyclic) bond motifs is 8. The standard InChI is InChI=1S/C28H20N4O3/c1-35-27-10-16(28(33)34)2-9-24(27)25-14-23-13-21-6-5-19(30-21)11-17-3-4-18(29-17)12-20-7-8-22(31-20)15-26(25)32-23/h2-15,30,32H,1H3,(H,33,34). The topological polar surface area (TPSA) is 104 Å². The van der Waals surface area contributed by atoms with E-state index >= 15 is 0 Å². The van der Waals surface area contributed by atoms with E-state index in [9.17, 15) is 9.90 Å². The molecule has 0 saturated heterocycles. The average Bonchev–Trinajstić information content (AvgIpc) is 3.64. The molecule has 1 aromatic carbocycles. The molecule has 3 N–H and O–H groups in total. The third-order valence-electron chi connectivity index (χ3n) is 5.91. The summed E-state index contributed by atoms with van der Waals surface area (Å²) in [5.74, 6) is -0.521. The Morgan fingerprint density at radius 3 is 2.06 bits per heavy atom. The van der Waals surface area contributed by atoms with E-state index in [0.717, 1.165) is 56.0 Å². The van der Waals surface area contributed by atoms with E-state index in [4.69, 9.17) is 9.72 Å². The van der Waals surface area contributed by atoms with Crippen LogP contribution in [0, 0.1) is 0 Å². The number of hydrogen-bond donors (Lipinski definition) is 3. The summed E-state index contributed by atoms with van der Waals surface area (Å²) in [6.45, 7) is 0. The van der Waals surface area contributed by atoms with Gasteiger partial charge in [-0.3, -0.25) is 0 Å². The molecule has 170 valence electrons. The van der Waals surface area contributed by atoms with E-state index in [0.29, 0.717) is 5.75 Å². The summed E-state index contributed by atoms with van der Waals surface area (Å²) < 4.78 is 5.56. The van der Waals surface area contributed by atoms with Crippen LogP contribution in [-0.4, -0.2) is 38.1 Å². The van der Waals surface area contributed by atoms with Crippen LogP contribution in [0.15, 0.2) is 60.7 Å². The molecule has 35 heavy (non-hydrogen) atoms. The lowest BCUT2D eigenvalue weighted by molar-refractivity contribution is 0.0696. The summed E-state index contributed by atoms with van der Waals surface area (Å²) in [6.07, 6.45) is 7.86. The Bertz CT molecular complexity index is 1720. The summed E-state index contributed by atoms with van der Waals surface area (Å²) >= 11 is 0. The van der Waals surface area contributed by atoms with Crippen molar-refractivity contribution in [1.29, 1.82) is 0 Å². The second-order valence-electron chi connectivity index (χ2n) is 8.31. The van der Waals surface area contributed by atoms with Gasteiger partial charge in [0.05, 0.1) is 35.4 Å². The highest BCUT2D eigenvalue weighted by atomic mass is 16.5. The minimum Gasteiger partial charge on any atom is -0.496 e. The number of carboxylic acid groups (broad SMARTS) is 1. The molecular formula is C28H20N4O3. The van der Waals surface area contributed by atoms with Crippen LogP contribution in [0.3, 0.4) is 0 Å². The van der Waals surface area contributed by atoms with Gasteiger partial charge in [-0.25, -0.2) is 14.8 Å². The molecule has 3 aromatic heterocycles. The number of rotatable bonds is 3. The van der Waals surface area contributed by atoms with Crippen molar-refractivity contribution in [2.24, 2.45) is 0 Å². The van der Waals surface area contributed by atoms with Crippen molar-refractivity contribution in [2.75, 3.05) is 7.11 Å². The highest BCUT2D eigenvalue weighted by Gasteiger charge is 2.14. The summed E-state index contributed by atoms with van der Waals surface area (Å²) in [7, 11) is 1.54. The van der Waals surface area contributed by atoms with Crippen LogP contribution in [0.25, 0.3) is 57.5 Å². The highest BCUT2D eigenvalue weighted by Crippen LogP contribution is 2.35. The molecule has 8 bridgehead atoms. The molecule has 0 radical (unpaired) electrons. The summed E-state index contributed by atoms with van der Waals surface area (Å²) in [4.78, 5) is 27.7. The lowest BCUT2D eigenvalue weighted by Crippen LogP contribution is -1.97. The van der Waals surface area contributed by atoms with Crippen LogP contribution in [0.5, 0.6) is 5.75 Å². The van der Waals surface area contributed by atoms with Gasteiger partial charge in [0.1, 0.15) is 5.75 Å². The van der Waals surface area contributed by atoms with Crippen LogP contribution < -0.4 is 4.74 Å². The maximum Gasteiger partial charge on any atom is 0.335 e. The number of carboxylic acids is 1. The Hall–Kier alpha value is -4.91. The lowest BCUT2D eigenvalue weighted by atomic mass is 10.0. The number of carbonyl (C=O) groups is 1. The first kappa shape index (κ1) is 20.7. The van der Waals surface area contributed by atoms with Crippen LogP contribution in [0.1, 0.15) is 33.1 Å². The minimum atomic E-state index is -1.00. The summed E-state index contributed by atoms with van der Waals surface area (Å²) in [5, 5.41) is 9.39. The first-order valence-corrected chi connectivity index (χ1v) is 11.0. The van der Waals surface area contributed by atoms with Crippen molar-refractivity contribution < 1.29 is 14.6 Å². The number of nitrogens with zero attached hydrogens (tertiary/aromatic N) is 2. The predicted octanol–water partition coefficient (Wildman–Crippen LogP) is 6.03. The zero-order valence-corrected chi connectivity index (χ0v) is 18.7. The molecule has 5 heterocycles. The first-order valence-electron chi connectivity index (χ1n) is 11.0. The van der Waals surface area contributed by atoms with Gasteiger partial charge < -0.3 is 19.8 Å². The summed E-state index contributed by atoms with van der Waals surface area (Å²) in [6, 6.07) is 18.9. The molecule has 0 amide bonds. The van der Waals surface area contributed by atoms with Gasteiger partial charge in [0.25, 0.3) is 0 Å². The maximum absolute atomic E-state index is 11.5. The Morgan fingerprint density at radius 2 is 1.37 bits per heavy atom. The second-order valence-corrected chi connectivity index (χ2v) is 8.31. The van der Waals surface area contributed by atoms with Crippen LogP contribution >= 0.6 is 0 Å². The summed E-state index contributed by atoms with van der Waals surface area (Å²) in [5.41, 5.74) is 8.75. The largest absolute Gasteiger partial charge is 0.496 e. The number of H-pyrrole nitrogens is 2. The molecule has 4 aromatic rings. The Morgan fingerprint density at radius 1 is 0.714 bits per heavy atom. The van der Waals surface area contributed by atoms with Crippen molar-refractivity contribution in [3.8, 4) is 16.9 Å². The lowest BCUT2D eigenvalue weighted by Gasteiger charge is -2.08. The predicted molar refractivity (Wildman–Crippen MR) is 138 cm³/mol. The van der Waals surface area contributed by atoms with E-state index in [-0.39, 0.29) is 5.56 Å². The number of hydrogen-bond acceptors (Lipinski definition) is 4. The Labute approximate surface area is 200 Å². The van der Waals surface area contributed by atoms with Gasteiger partial charge in [-0.15, -0.1) is 0 Å². The third kappa shape index (κ3) is 4.00. The molecule has 7 heteroatoms. The van der Waals surface area contributed by atoms with Crippen molar-refractivity contribution >= 4 is 52.3 Å². The van der Waals surface area contributed by atoms with Gasteiger partial charge in [-0.1, -0.05) is 0 Å². The highest BCUT2D eigenvalue weighted by molar-refractivity contribution is 5.93. The number of nitrogens with one attached hydrogen (secondary N) is 2. The smallest absolute Gasteiger partial charge is 0.335 e. The van der Waals surface area contributed by atoms with Gasteiger partial charge in [-0.05, 0) is 85.0 Å². The first-order chi connectivity index (χ1) is 17.0. The van der Waals surface area contributed by atoms with Crippen LogP contribution in [-0.2, 0) is 0 Å². The number of aromatic amines is 2. The molecule has 0 spiro atoms. The fourth-order valence-corrected chi connectivity index (χ4v) is 4.29. The zero-order valence-electron chi connectivity index (χ0n) is 18.7. The van der Waals surface area contributed by atoms with E-state index < -0.39 is 5.97 Å². The van der Waals surface area contributed by atoms with Crippen LogP contribution in [0.4, 0.5) is 0 Å². The molecule has 0 unspecified atom stereocenters. The maximum atomic E-state index is 11.5. The van der Waals surface area contributed by atoms with Crippen molar-refractivity contribution in [2.45, 2.75) is 0 Å². The minimum absolute atomic E-state index is 0.168. The number of benzene rings is 1. The number of aromatic carboxylic acids is 1. The second kappa shape index (κ2) is 8.14. The average molecular weight is 460 g/mol. The van der Waals surface area contributed by atoms with Crippen molar-refractivity contribution in [3.63, 3.8) is 0 Å². The van der Waals surface area contributed by atoms with Gasteiger partial charge in [-0.2, -0.15) is 0 Å². The van der Waals surface area contributed by atoms with Gasteiger partial charge in [0.2, 0.25) is 0 Å². The van der Waals surface area contributed by atoms with Gasteiger partial charge in [0.15, 0.2) is 0 Å². The Kier molecular flexibility index (Phi) is 4.81. The van der Waals surface area contributed by atoms with E-state index in [1.807, 2.05) is 66.8 Å². The van der Waals surface area contributed by atoms with E-state index in [2.05, 4.69) is 15.0 Å². The Balaban J connectivity index is 1.65. The SMILES string of the molecule is COc1cc(C(=O)O)ccc1-c1cc2cc3ccc(cc4nc(cc5nc(cc1[nH]2)C=C5)C=C4)[nH]3. The van der Waals surface area contributed by atoms with Gasteiger partial charge >= 0.3 is 5.97 Å². The fourth-order valence-electron chi connectivity index (χ4n) is 4.29. The van der Waals surface area contributed by atoms with Crippen LogP contribution in [0.2, 0.25) is 0 Å². The third-order valence-corrected chi connectivity index (χ3v) is 5.91. The quantitative estimate of drug-likeness (QED) is 0.299. The van der Waals surface area contributed by atoms with Crippen molar-refractivity contribution in [1.82, 2.24) is 19.9 Å². The van der Waals surface area contributed by atoms with Crippen molar-refractivity contribution in [3.05, 3.63) is 89.0 Å². The molecule has 6 rings (SSSR count). The monoisotopic (exact) mass is 460 g/mol. The molecule has 7 nitrogen and oxygen atoms in total. The number of methoxy groups -OCH3 is 1. The molecular weight excluding hydrogens is 440 g/mol. The van der Waals surface area contributed by atoms with Gasteiger partial charge in [0, 0.05) is 33.2 Å². The molecule has 0 aliphatic carbocycles.